The topological polar surface area (TPSA) is 62.0 Å². The average molecular weight is 1720 g/mol. The summed E-state index contributed by atoms with van der Waals surface area (Å²) in [6.07, 6.45) is 78.3. The molecule has 0 amide bonds. The first-order chi connectivity index (χ1) is 49.1. The van der Waals surface area contributed by atoms with Crippen molar-refractivity contribution in [3.8, 4) is 11.1 Å². The number of rotatable bonds is 64. The third kappa shape index (κ3) is 25.3. The van der Waals surface area contributed by atoms with E-state index in [0.29, 0.717) is 0 Å². The van der Waals surface area contributed by atoms with Crippen molar-refractivity contribution in [2.45, 2.75) is 466 Å². The number of nitrogens with zero attached hydrogens (tertiary/aromatic N) is 3. The van der Waals surface area contributed by atoms with Crippen molar-refractivity contribution in [3.05, 3.63) is 55.7 Å². The number of unbranched alkanes of at least 4 members (excludes halogenated alkanes) is 42. The van der Waals surface area contributed by atoms with Gasteiger partial charge in [-0.05, 0) is 0 Å². The maximum absolute atomic E-state index is 11.0. The number of allylic oxidation sites excluding steroid dienone is 4. The van der Waals surface area contributed by atoms with E-state index in [1.54, 1.807) is 37.0 Å². The predicted octanol–water partition coefficient (Wildman–Crippen LogP) is 30.1. The van der Waals surface area contributed by atoms with Gasteiger partial charge in [-0.1, -0.05) is 105 Å². The summed E-state index contributed by atoms with van der Waals surface area (Å²) >= 11 is -3.12. The first-order valence-corrected chi connectivity index (χ1v) is 62.1. The predicted molar refractivity (Wildman–Crippen MR) is 456 cm³/mol. The van der Waals surface area contributed by atoms with E-state index in [1.807, 2.05) is 3.58 Å². The van der Waals surface area contributed by atoms with Crippen molar-refractivity contribution < 1.29 is 0 Å². The van der Waals surface area contributed by atoms with Crippen LogP contribution in [0.15, 0.2) is 37.4 Å². The first-order valence-electron chi connectivity index (χ1n) is 44.9. The van der Waals surface area contributed by atoms with Gasteiger partial charge >= 0.3 is 545 Å². The smallest absolute Gasteiger partial charge is 0.0654 e. The Bertz CT molecular complexity index is 2730. The van der Waals surface area contributed by atoms with Crippen LogP contribution in [0.3, 0.4) is 0 Å². The summed E-state index contributed by atoms with van der Waals surface area (Å²) in [4.78, 5) is 0. The van der Waals surface area contributed by atoms with Crippen molar-refractivity contribution >= 4 is 99.6 Å². The van der Waals surface area contributed by atoms with Crippen molar-refractivity contribution in [2.75, 3.05) is 0 Å². The Morgan fingerprint density at radius 3 is 1.00 bits per heavy atom. The molecule has 0 bridgehead atoms. The normalized spacial score (nSPS) is 15.2. The second-order valence-corrected chi connectivity index (χ2v) is 61.2. The van der Waals surface area contributed by atoms with Crippen LogP contribution in [0, 0.1) is 5.41 Å². The van der Waals surface area contributed by atoms with Crippen LogP contribution in [0.4, 0.5) is 0 Å². The number of hydrogen-bond donors (Lipinski definition) is 1. The van der Waals surface area contributed by atoms with Crippen LogP contribution >= 0.6 is 0 Å². The fourth-order valence-electron chi connectivity index (χ4n) is 19.6. The third-order valence-electron chi connectivity index (χ3n) is 25.7. The molecular weight excluding hydrogens is 1560 g/mol. The van der Waals surface area contributed by atoms with Crippen LogP contribution in [0.25, 0.3) is 27.7 Å². The van der Waals surface area contributed by atoms with Crippen LogP contribution in [0.2, 0.25) is 26.6 Å². The quantitative estimate of drug-likeness (QED) is 0.0348. The molecule has 3 aliphatic carbocycles. The molecule has 567 valence electrons. The van der Waals surface area contributed by atoms with E-state index in [4.69, 9.17) is 12.0 Å². The number of aromatic nitrogens is 2. The fraction of sp³-hybridized carbons (Fsp3) is 0.804. The molecule has 1 N–H and O–H groups in total. The van der Waals surface area contributed by atoms with Crippen molar-refractivity contribution in [1.82, 2.24) is 7.96 Å². The van der Waals surface area contributed by atoms with Crippen LogP contribution in [0.1, 0.15) is 451 Å². The minimum absolute atomic E-state index is 0.0866. The van der Waals surface area contributed by atoms with Gasteiger partial charge in [0.05, 0.1) is 0 Å². The monoisotopic (exact) mass is 1720 g/mol. The van der Waals surface area contributed by atoms with Crippen LogP contribution in [-0.2, 0) is 10.8 Å². The third-order valence-corrected chi connectivity index (χ3v) is 58.4. The molecule has 1 aromatic heterocycles. The van der Waals surface area contributed by atoms with E-state index >= 15 is 0 Å². The van der Waals surface area contributed by atoms with Gasteiger partial charge in [-0.3, -0.25) is 0 Å². The molecule has 6 rings (SSSR count). The summed E-state index contributed by atoms with van der Waals surface area (Å²) in [5, 5.41) is 11.0. The van der Waals surface area contributed by atoms with E-state index in [2.05, 4.69) is 110 Å². The summed E-state index contributed by atoms with van der Waals surface area (Å²) in [5.41, 5.74) is 17.0. The van der Waals surface area contributed by atoms with Gasteiger partial charge in [-0.2, -0.15) is 0 Å². The molecule has 2 aromatic carbocycles. The fourth-order valence-corrected chi connectivity index (χ4v) is 54.5. The molecular formula is C92H159N4Se2Sn2. The van der Waals surface area contributed by atoms with Gasteiger partial charge in [0.25, 0.3) is 0 Å². The summed E-state index contributed by atoms with van der Waals surface area (Å²) in [7, 11) is 0. The zero-order chi connectivity index (χ0) is 71.6. The standard InChI is InChI=1S/C68H105N4Se2.6C4H9.2Sn/c1-5-9-13-17-21-25-29-33-37-41-49-67(50-42-38-34-30-26-22-18-14-10-6-2)57-45-47-61(69)65(70-73)63(57)55-53-60-56(54-59(55)67)64-58(46-48-62-66(64)72-74-71-62)68(60,51-43-39-35-31-27-23-19-15-11-7-3)52-44-40-36-32-28-24-20-16-12-8-4;6*1-3-4-2;;/h45-46,53-54,69H,5-44,49-52H2,1-4H3;6*1,3-4H2,2H3;;/b69-61?,70-65+;;;;;;;;. The van der Waals surface area contributed by atoms with Gasteiger partial charge in [0.1, 0.15) is 0 Å². The number of nitrogens with one attached hydrogen (secondary N) is 1. The van der Waals surface area contributed by atoms with Gasteiger partial charge in [-0.25, -0.2) is 0 Å². The van der Waals surface area contributed by atoms with E-state index in [-0.39, 0.29) is 25.8 Å². The van der Waals surface area contributed by atoms with Crippen molar-refractivity contribution in [2.24, 2.45) is 4.01 Å². The number of benzene rings is 2. The Hall–Kier alpha value is -0.504. The Balaban J connectivity index is 1.68. The van der Waals surface area contributed by atoms with Crippen LogP contribution in [-0.4, -0.2) is 87.3 Å². The summed E-state index contributed by atoms with van der Waals surface area (Å²) < 4.78 is 29.1. The van der Waals surface area contributed by atoms with Gasteiger partial charge in [0.2, 0.25) is 0 Å². The molecule has 1 heterocycles. The maximum atomic E-state index is 11.0. The molecule has 0 saturated heterocycles. The molecule has 0 saturated carbocycles. The Labute approximate surface area is 644 Å². The average Bonchev–Trinajstić information content (AvgIpc) is 1.51. The molecule has 100 heavy (non-hydrogen) atoms. The molecule has 3 aliphatic rings. The molecule has 0 unspecified atom stereocenters. The van der Waals surface area contributed by atoms with Crippen molar-refractivity contribution in [3.63, 3.8) is 0 Å². The van der Waals surface area contributed by atoms with Crippen LogP contribution in [0.5, 0.6) is 0 Å². The van der Waals surface area contributed by atoms with E-state index in [9.17, 15) is 5.41 Å². The number of fused-ring (bicyclic) bond motifs is 7. The molecule has 4 nitrogen and oxygen atoms in total. The summed E-state index contributed by atoms with van der Waals surface area (Å²) in [6.45, 7) is 24.2. The minimum Gasteiger partial charge on any atom is -0.0654 e. The van der Waals surface area contributed by atoms with Crippen LogP contribution < -0.4 is 3.58 Å². The second-order valence-electron chi connectivity index (χ2n) is 33.5. The first kappa shape index (κ1) is 88.4. The van der Waals surface area contributed by atoms with E-state index in [1.165, 1.54) is 408 Å². The van der Waals surface area contributed by atoms with Gasteiger partial charge in [0, 0.05) is 0 Å². The van der Waals surface area contributed by atoms with E-state index < -0.39 is 36.8 Å². The Morgan fingerprint density at radius 1 is 0.350 bits per heavy atom. The Morgan fingerprint density at radius 2 is 0.650 bits per heavy atom. The zero-order valence-electron chi connectivity index (χ0n) is 67.8. The molecule has 1 radical (unpaired) electrons. The molecule has 8 heteroatoms. The summed E-state index contributed by atoms with van der Waals surface area (Å²) in [5.74, 6) is 0. The molecule has 0 spiro atoms. The van der Waals surface area contributed by atoms with Gasteiger partial charge < -0.3 is 0 Å². The molecule has 0 fully saturated rings. The molecule has 0 atom stereocenters. The second kappa shape index (κ2) is 51.0. The SMILES string of the molecule is CCCCCCCCCCCCC1(CCCCCCCCCCCC)C2=C(/C(=N/[Se])C(=N)[C]([Sn]([CH2]CCC)([CH2]CCC)[CH2]CCC)=C2)c2cc3c(cc21)-c1c(c[c]([Sn]([CH2]CCC)([CH2]CCC)[CH2]CCC)c2n[se]nc12)C3(CCCCCCCCCCCC)CCCCCCCCCCCC. The van der Waals surface area contributed by atoms with Crippen molar-refractivity contribution in [1.29, 1.82) is 5.41 Å². The summed E-state index contributed by atoms with van der Waals surface area (Å²) in [6, 6.07) is 8.91. The Kier molecular flexibility index (Phi) is 45.1. The molecule has 0 aliphatic heterocycles. The van der Waals surface area contributed by atoms with Gasteiger partial charge in [0.15, 0.2) is 0 Å². The molecule has 3 aromatic rings. The zero-order valence-corrected chi connectivity index (χ0v) is 76.9. The minimum atomic E-state index is -3.25. The number of hydrogen-bond acceptors (Lipinski definition) is 4. The van der Waals surface area contributed by atoms with Gasteiger partial charge in [-0.15, -0.1) is 0 Å². The van der Waals surface area contributed by atoms with E-state index in [0.717, 1.165) is 11.4 Å².